The molecule has 0 N–H and O–H groups in total. The summed E-state index contributed by atoms with van der Waals surface area (Å²) in [7, 11) is 0. The molecule has 0 radical (unpaired) electrons. The van der Waals surface area contributed by atoms with Gasteiger partial charge in [-0.25, -0.2) is 0 Å². The number of nitrogens with zero attached hydrogens (tertiary/aromatic N) is 4. The standard InChI is InChI=1S/C17H26N4O3/c1-13-18-15(24-19-13)10-16(22)21-8-4-17(5-9-21)11-14(12-23-17)20-6-2-3-7-20/h14H,2-12H2,1H3. The van der Waals surface area contributed by atoms with Crippen LogP contribution >= 0.6 is 0 Å². The first-order valence-electron chi connectivity index (χ1n) is 9.09. The van der Waals surface area contributed by atoms with Gasteiger partial charge in [0.2, 0.25) is 11.8 Å². The van der Waals surface area contributed by atoms with Gasteiger partial charge in [0.05, 0.1) is 12.2 Å². The van der Waals surface area contributed by atoms with Gasteiger partial charge in [-0.1, -0.05) is 5.16 Å². The van der Waals surface area contributed by atoms with Crippen LogP contribution in [0.5, 0.6) is 0 Å². The number of hydrogen-bond donors (Lipinski definition) is 0. The third-order valence-electron chi connectivity index (χ3n) is 5.75. The minimum absolute atomic E-state index is 0.00882. The molecule has 7 nitrogen and oxygen atoms in total. The second-order valence-corrected chi connectivity index (χ2v) is 7.39. The Morgan fingerprint density at radius 3 is 2.67 bits per heavy atom. The monoisotopic (exact) mass is 334 g/mol. The maximum atomic E-state index is 12.4. The van der Waals surface area contributed by atoms with E-state index in [0.717, 1.165) is 39.0 Å². The van der Waals surface area contributed by atoms with Crippen LogP contribution in [0.25, 0.3) is 0 Å². The lowest BCUT2D eigenvalue weighted by atomic mass is 9.87. The molecule has 0 saturated carbocycles. The van der Waals surface area contributed by atoms with Crippen molar-refractivity contribution in [2.24, 2.45) is 0 Å². The first-order chi connectivity index (χ1) is 11.6. The molecule has 3 aliphatic heterocycles. The molecule has 3 fully saturated rings. The summed E-state index contributed by atoms with van der Waals surface area (Å²) in [6.45, 7) is 6.58. The Hall–Kier alpha value is -1.47. The Labute approximate surface area is 142 Å². The van der Waals surface area contributed by atoms with Gasteiger partial charge in [-0.15, -0.1) is 0 Å². The molecule has 1 spiro atoms. The first-order valence-corrected chi connectivity index (χ1v) is 9.09. The summed E-state index contributed by atoms with van der Waals surface area (Å²) in [5, 5.41) is 3.74. The van der Waals surface area contributed by atoms with E-state index in [-0.39, 0.29) is 17.9 Å². The van der Waals surface area contributed by atoms with E-state index in [0.29, 0.717) is 17.8 Å². The highest BCUT2D eigenvalue weighted by molar-refractivity contribution is 5.77. The molecule has 1 aromatic rings. The summed E-state index contributed by atoms with van der Waals surface area (Å²) >= 11 is 0. The van der Waals surface area contributed by atoms with Gasteiger partial charge in [0.25, 0.3) is 0 Å². The molecule has 3 saturated heterocycles. The summed E-state index contributed by atoms with van der Waals surface area (Å²) in [4.78, 5) is 21.0. The molecule has 4 heterocycles. The third-order valence-corrected chi connectivity index (χ3v) is 5.75. The van der Waals surface area contributed by atoms with Gasteiger partial charge in [-0.3, -0.25) is 9.69 Å². The van der Waals surface area contributed by atoms with Crippen molar-refractivity contribution in [2.45, 2.75) is 57.1 Å². The van der Waals surface area contributed by atoms with Gasteiger partial charge < -0.3 is 14.2 Å². The number of aryl methyl sites for hydroxylation is 1. The zero-order valence-electron chi connectivity index (χ0n) is 14.4. The molecule has 3 aliphatic rings. The smallest absolute Gasteiger partial charge is 0.236 e. The van der Waals surface area contributed by atoms with E-state index < -0.39 is 0 Å². The van der Waals surface area contributed by atoms with Crippen molar-refractivity contribution in [3.8, 4) is 0 Å². The molecule has 24 heavy (non-hydrogen) atoms. The predicted molar refractivity (Wildman–Crippen MR) is 86.4 cm³/mol. The van der Waals surface area contributed by atoms with Crippen molar-refractivity contribution in [2.75, 3.05) is 32.8 Å². The summed E-state index contributed by atoms with van der Waals surface area (Å²) in [6, 6.07) is 0.580. The van der Waals surface area contributed by atoms with Crippen molar-refractivity contribution >= 4 is 5.91 Å². The first kappa shape index (κ1) is 16.0. The molecule has 132 valence electrons. The molecule has 0 aliphatic carbocycles. The predicted octanol–water partition coefficient (Wildman–Crippen LogP) is 1.17. The lowest BCUT2D eigenvalue weighted by molar-refractivity contribution is -0.135. The van der Waals surface area contributed by atoms with Crippen LogP contribution in [-0.4, -0.2) is 70.3 Å². The number of piperidine rings is 1. The maximum absolute atomic E-state index is 12.4. The molecule has 1 aromatic heterocycles. The van der Waals surface area contributed by atoms with Crippen LogP contribution in [0.15, 0.2) is 4.52 Å². The molecule has 0 aromatic carbocycles. The van der Waals surface area contributed by atoms with E-state index >= 15 is 0 Å². The number of amides is 1. The Morgan fingerprint density at radius 1 is 1.25 bits per heavy atom. The Kier molecular flexibility index (Phi) is 4.30. The van der Waals surface area contributed by atoms with Crippen LogP contribution in [0.1, 0.15) is 43.8 Å². The zero-order valence-corrected chi connectivity index (χ0v) is 14.4. The summed E-state index contributed by atoms with van der Waals surface area (Å²) < 4.78 is 11.3. The van der Waals surface area contributed by atoms with E-state index in [2.05, 4.69) is 15.0 Å². The van der Waals surface area contributed by atoms with Gasteiger partial charge in [0.15, 0.2) is 5.82 Å². The largest absolute Gasteiger partial charge is 0.373 e. The topological polar surface area (TPSA) is 71.7 Å². The number of carbonyl (C=O) groups is 1. The van der Waals surface area contributed by atoms with Gasteiger partial charge in [-0.2, -0.15) is 4.98 Å². The van der Waals surface area contributed by atoms with Gasteiger partial charge in [0, 0.05) is 19.1 Å². The average molecular weight is 334 g/mol. The fourth-order valence-corrected chi connectivity index (χ4v) is 4.33. The van der Waals surface area contributed by atoms with E-state index in [1.54, 1.807) is 6.92 Å². The van der Waals surface area contributed by atoms with Crippen molar-refractivity contribution < 1.29 is 14.1 Å². The van der Waals surface area contributed by atoms with E-state index in [4.69, 9.17) is 9.26 Å². The highest BCUT2D eigenvalue weighted by atomic mass is 16.5. The van der Waals surface area contributed by atoms with E-state index in [9.17, 15) is 4.79 Å². The molecule has 0 bridgehead atoms. The SMILES string of the molecule is Cc1noc(CC(=O)N2CCC3(CC2)CC(N2CCCC2)CO3)n1. The lowest BCUT2D eigenvalue weighted by Gasteiger charge is -2.38. The minimum atomic E-state index is -0.00882. The Bertz CT molecular complexity index is 588. The second-order valence-electron chi connectivity index (χ2n) is 7.39. The number of likely N-dealkylation sites (tertiary alicyclic amines) is 2. The maximum Gasteiger partial charge on any atom is 0.236 e. The molecule has 1 unspecified atom stereocenters. The highest BCUT2D eigenvalue weighted by Crippen LogP contribution is 2.38. The average Bonchev–Trinajstić information content (AvgIpc) is 3.30. The molecule has 1 atom stereocenters. The number of hydrogen-bond acceptors (Lipinski definition) is 6. The normalized spacial score (nSPS) is 27.2. The number of carbonyl (C=O) groups excluding carboxylic acids is 1. The Morgan fingerprint density at radius 2 is 2.00 bits per heavy atom. The molecule has 1 amide bonds. The van der Waals surface area contributed by atoms with Crippen molar-refractivity contribution in [1.82, 2.24) is 19.9 Å². The van der Waals surface area contributed by atoms with Crippen LogP contribution in [0.3, 0.4) is 0 Å². The van der Waals surface area contributed by atoms with Crippen molar-refractivity contribution in [1.29, 1.82) is 0 Å². The molecule has 7 heteroatoms. The fourth-order valence-electron chi connectivity index (χ4n) is 4.33. The number of aromatic nitrogens is 2. The number of ether oxygens (including phenoxy) is 1. The fraction of sp³-hybridized carbons (Fsp3) is 0.824. The van der Waals surface area contributed by atoms with Crippen LogP contribution in [0.4, 0.5) is 0 Å². The summed E-state index contributed by atoms with van der Waals surface area (Å²) in [5.74, 6) is 1.05. The lowest BCUT2D eigenvalue weighted by Crippen LogP contribution is -2.47. The minimum Gasteiger partial charge on any atom is -0.373 e. The number of rotatable bonds is 3. The van der Waals surface area contributed by atoms with Crippen LogP contribution in [0, 0.1) is 6.92 Å². The van der Waals surface area contributed by atoms with Gasteiger partial charge in [-0.05, 0) is 52.1 Å². The molecular formula is C17H26N4O3. The van der Waals surface area contributed by atoms with Crippen LogP contribution in [0.2, 0.25) is 0 Å². The van der Waals surface area contributed by atoms with Gasteiger partial charge >= 0.3 is 0 Å². The second kappa shape index (κ2) is 6.44. The van der Waals surface area contributed by atoms with E-state index in [1.165, 1.54) is 25.9 Å². The highest BCUT2D eigenvalue weighted by Gasteiger charge is 2.45. The summed E-state index contributed by atoms with van der Waals surface area (Å²) in [6.07, 6.45) is 5.84. The molecule has 4 rings (SSSR count). The summed E-state index contributed by atoms with van der Waals surface area (Å²) in [5.41, 5.74) is -0.00882. The van der Waals surface area contributed by atoms with Crippen LogP contribution < -0.4 is 0 Å². The molecular weight excluding hydrogens is 308 g/mol. The van der Waals surface area contributed by atoms with E-state index in [1.807, 2.05) is 4.90 Å². The van der Waals surface area contributed by atoms with Crippen molar-refractivity contribution in [3.63, 3.8) is 0 Å². The van der Waals surface area contributed by atoms with Crippen LogP contribution in [-0.2, 0) is 16.0 Å². The van der Waals surface area contributed by atoms with Gasteiger partial charge in [0.1, 0.15) is 6.42 Å². The Balaban J connectivity index is 1.29. The quantitative estimate of drug-likeness (QED) is 0.826. The zero-order chi connectivity index (χ0) is 16.6. The van der Waals surface area contributed by atoms with Crippen molar-refractivity contribution in [3.05, 3.63) is 11.7 Å². The third kappa shape index (κ3) is 3.19.